The molecule has 0 aromatic heterocycles. The highest BCUT2D eigenvalue weighted by Crippen LogP contribution is 2.25. The van der Waals surface area contributed by atoms with E-state index in [-0.39, 0.29) is 0 Å². The maximum absolute atomic E-state index is 5.42. The van der Waals surface area contributed by atoms with E-state index < -0.39 is 0 Å². The van der Waals surface area contributed by atoms with Gasteiger partial charge in [0.2, 0.25) is 0 Å². The summed E-state index contributed by atoms with van der Waals surface area (Å²) in [5.74, 6) is 0.967. The standard InChI is InChI=1S/C14H24N2O/c1-11-6-7-13(14(10-11)17-5)12(2)15-8-9-16(3)4/h6-7,10,12,15H,8-9H2,1-5H3. The van der Waals surface area contributed by atoms with Gasteiger partial charge in [0.05, 0.1) is 7.11 Å². The summed E-state index contributed by atoms with van der Waals surface area (Å²) in [7, 11) is 5.89. The molecule has 0 aliphatic rings. The number of hydrogen-bond donors (Lipinski definition) is 1. The third-order valence-corrected chi connectivity index (χ3v) is 2.87. The quantitative estimate of drug-likeness (QED) is 0.819. The highest BCUT2D eigenvalue weighted by molar-refractivity contribution is 5.38. The average molecular weight is 236 g/mol. The molecule has 1 unspecified atom stereocenters. The van der Waals surface area contributed by atoms with Crippen LogP contribution in [0.25, 0.3) is 0 Å². The molecular weight excluding hydrogens is 212 g/mol. The number of benzene rings is 1. The molecule has 1 aromatic carbocycles. The zero-order chi connectivity index (χ0) is 12.8. The van der Waals surface area contributed by atoms with E-state index in [0.29, 0.717) is 6.04 Å². The lowest BCUT2D eigenvalue weighted by molar-refractivity contribution is 0.379. The van der Waals surface area contributed by atoms with Crippen molar-refractivity contribution in [1.29, 1.82) is 0 Å². The van der Waals surface area contributed by atoms with E-state index in [1.165, 1.54) is 11.1 Å². The fourth-order valence-corrected chi connectivity index (χ4v) is 1.79. The SMILES string of the molecule is COc1cc(C)ccc1C(C)NCCN(C)C. The van der Waals surface area contributed by atoms with Gasteiger partial charge >= 0.3 is 0 Å². The molecule has 3 heteroatoms. The van der Waals surface area contributed by atoms with Crippen molar-refractivity contribution in [2.75, 3.05) is 34.3 Å². The van der Waals surface area contributed by atoms with Gasteiger partial charge in [-0.15, -0.1) is 0 Å². The maximum atomic E-state index is 5.42. The van der Waals surface area contributed by atoms with Gasteiger partial charge in [-0.05, 0) is 39.6 Å². The topological polar surface area (TPSA) is 24.5 Å². The molecule has 0 saturated heterocycles. The van der Waals surface area contributed by atoms with Crippen LogP contribution < -0.4 is 10.1 Å². The molecule has 0 aliphatic heterocycles. The molecule has 0 bridgehead atoms. The molecule has 17 heavy (non-hydrogen) atoms. The second-order valence-corrected chi connectivity index (χ2v) is 4.72. The summed E-state index contributed by atoms with van der Waals surface area (Å²) in [4.78, 5) is 2.17. The van der Waals surface area contributed by atoms with Crippen molar-refractivity contribution in [2.24, 2.45) is 0 Å². The van der Waals surface area contributed by atoms with Crippen molar-refractivity contribution in [3.05, 3.63) is 29.3 Å². The molecule has 0 spiro atoms. The first-order valence-electron chi connectivity index (χ1n) is 6.07. The Hall–Kier alpha value is -1.06. The van der Waals surface area contributed by atoms with Gasteiger partial charge in [-0.2, -0.15) is 0 Å². The number of methoxy groups -OCH3 is 1. The Balaban J connectivity index is 2.64. The fraction of sp³-hybridized carbons (Fsp3) is 0.571. The molecule has 0 aliphatic carbocycles. The van der Waals surface area contributed by atoms with Gasteiger partial charge in [0.15, 0.2) is 0 Å². The summed E-state index contributed by atoms with van der Waals surface area (Å²) in [5.41, 5.74) is 2.45. The Labute approximate surface area is 105 Å². The van der Waals surface area contributed by atoms with Crippen molar-refractivity contribution in [2.45, 2.75) is 19.9 Å². The second kappa shape index (κ2) is 6.62. The molecule has 3 nitrogen and oxygen atoms in total. The van der Waals surface area contributed by atoms with Gasteiger partial charge in [-0.3, -0.25) is 0 Å². The zero-order valence-electron chi connectivity index (χ0n) is 11.6. The first-order valence-corrected chi connectivity index (χ1v) is 6.07. The number of likely N-dealkylation sites (N-methyl/N-ethyl adjacent to an activating group) is 1. The zero-order valence-corrected chi connectivity index (χ0v) is 11.6. The molecule has 1 aromatic rings. The number of rotatable bonds is 6. The minimum absolute atomic E-state index is 0.311. The summed E-state index contributed by atoms with van der Waals surface area (Å²) in [6.45, 7) is 6.27. The van der Waals surface area contributed by atoms with Crippen LogP contribution in [0.2, 0.25) is 0 Å². The highest BCUT2D eigenvalue weighted by atomic mass is 16.5. The van der Waals surface area contributed by atoms with Crippen LogP contribution in [0.5, 0.6) is 5.75 Å². The van der Waals surface area contributed by atoms with Crippen molar-refractivity contribution in [3.63, 3.8) is 0 Å². The Kier molecular flexibility index (Phi) is 5.45. The van der Waals surface area contributed by atoms with Crippen LogP contribution in [-0.4, -0.2) is 39.2 Å². The van der Waals surface area contributed by atoms with E-state index in [1.807, 2.05) is 0 Å². The lowest BCUT2D eigenvalue weighted by atomic mass is 10.0. The van der Waals surface area contributed by atoms with Crippen molar-refractivity contribution in [1.82, 2.24) is 10.2 Å². The second-order valence-electron chi connectivity index (χ2n) is 4.72. The van der Waals surface area contributed by atoms with Gasteiger partial charge in [-0.1, -0.05) is 12.1 Å². The number of aryl methyl sites for hydroxylation is 1. The molecule has 1 atom stereocenters. The van der Waals surface area contributed by atoms with Crippen LogP contribution in [0.3, 0.4) is 0 Å². The van der Waals surface area contributed by atoms with Crippen LogP contribution in [0.4, 0.5) is 0 Å². The van der Waals surface area contributed by atoms with Gasteiger partial charge in [0, 0.05) is 24.7 Å². The predicted octanol–water partition coefficient (Wildman–Crippen LogP) is 2.22. The Morgan fingerprint density at radius 3 is 2.65 bits per heavy atom. The molecule has 1 N–H and O–H groups in total. The maximum Gasteiger partial charge on any atom is 0.123 e. The van der Waals surface area contributed by atoms with Gasteiger partial charge in [0.25, 0.3) is 0 Å². The predicted molar refractivity (Wildman–Crippen MR) is 72.7 cm³/mol. The van der Waals surface area contributed by atoms with E-state index in [4.69, 9.17) is 4.74 Å². The fourth-order valence-electron chi connectivity index (χ4n) is 1.79. The van der Waals surface area contributed by atoms with Crippen molar-refractivity contribution >= 4 is 0 Å². The van der Waals surface area contributed by atoms with E-state index in [2.05, 4.69) is 56.4 Å². The molecule has 96 valence electrons. The highest BCUT2D eigenvalue weighted by Gasteiger charge is 2.10. The van der Waals surface area contributed by atoms with Gasteiger partial charge in [-0.25, -0.2) is 0 Å². The van der Waals surface area contributed by atoms with Crippen molar-refractivity contribution < 1.29 is 4.74 Å². The van der Waals surface area contributed by atoms with Gasteiger partial charge in [0.1, 0.15) is 5.75 Å². The molecule has 0 saturated carbocycles. The molecule has 0 radical (unpaired) electrons. The largest absolute Gasteiger partial charge is 0.496 e. The van der Waals surface area contributed by atoms with Gasteiger partial charge < -0.3 is 15.0 Å². The lowest BCUT2D eigenvalue weighted by Crippen LogP contribution is -2.28. The summed E-state index contributed by atoms with van der Waals surface area (Å²) in [6.07, 6.45) is 0. The first kappa shape index (κ1) is 14.0. The first-order chi connectivity index (χ1) is 8.04. The third-order valence-electron chi connectivity index (χ3n) is 2.87. The summed E-state index contributed by atoms with van der Waals surface area (Å²) < 4.78 is 5.42. The molecule has 0 amide bonds. The van der Waals surface area contributed by atoms with E-state index in [9.17, 15) is 0 Å². The third kappa shape index (κ3) is 4.36. The number of nitrogens with one attached hydrogen (secondary N) is 1. The molecule has 0 heterocycles. The van der Waals surface area contributed by atoms with Crippen LogP contribution in [0.1, 0.15) is 24.1 Å². The number of hydrogen-bond acceptors (Lipinski definition) is 3. The number of nitrogens with zero attached hydrogens (tertiary/aromatic N) is 1. The normalized spacial score (nSPS) is 12.8. The van der Waals surface area contributed by atoms with Crippen LogP contribution in [0.15, 0.2) is 18.2 Å². The Morgan fingerprint density at radius 2 is 2.06 bits per heavy atom. The minimum Gasteiger partial charge on any atom is -0.496 e. The monoisotopic (exact) mass is 236 g/mol. The Bertz CT molecular complexity index is 350. The number of ether oxygens (including phenoxy) is 1. The smallest absolute Gasteiger partial charge is 0.123 e. The van der Waals surface area contributed by atoms with E-state index >= 15 is 0 Å². The van der Waals surface area contributed by atoms with E-state index in [0.717, 1.165) is 18.8 Å². The van der Waals surface area contributed by atoms with E-state index in [1.54, 1.807) is 7.11 Å². The molecule has 0 fully saturated rings. The summed E-state index contributed by atoms with van der Waals surface area (Å²) >= 11 is 0. The van der Waals surface area contributed by atoms with Crippen LogP contribution >= 0.6 is 0 Å². The molecule has 1 rings (SSSR count). The summed E-state index contributed by atoms with van der Waals surface area (Å²) in [5, 5.41) is 3.50. The summed E-state index contributed by atoms with van der Waals surface area (Å²) in [6, 6.07) is 6.66. The Morgan fingerprint density at radius 1 is 1.35 bits per heavy atom. The van der Waals surface area contributed by atoms with Crippen LogP contribution in [-0.2, 0) is 0 Å². The van der Waals surface area contributed by atoms with Crippen LogP contribution in [0, 0.1) is 6.92 Å². The minimum atomic E-state index is 0.311. The molecular formula is C14H24N2O. The average Bonchev–Trinajstić information content (AvgIpc) is 2.28. The van der Waals surface area contributed by atoms with Crippen molar-refractivity contribution in [3.8, 4) is 5.75 Å². The lowest BCUT2D eigenvalue weighted by Gasteiger charge is -2.19.